The second-order valence-electron chi connectivity index (χ2n) is 10.2. The third-order valence-electron chi connectivity index (χ3n) is 6.76. The number of benzene rings is 1. The van der Waals surface area contributed by atoms with Crippen LogP contribution in [0.5, 0.6) is 5.75 Å². The van der Waals surface area contributed by atoms with Gasteiger partial charge in [-0.2, -0.15) is 39.5 Å². The van der Waals surface area contributed by atoms with E-state index >= 15 is 0 Å². The topological polar surface area (TPSA) is 149 Å². The van der Waals surface area contributed by atoms with Crippen LogP contribution in [0.2, 0.25) is 0 Å². The third kappa shape index (κ3) is 14.3. The highest BCUT2D eigenvalue weighted by atomic mass is 19.4. The molecule has 0 amide bonds. The zero-order valence-electron chi connectivity index (χ0n) is 25.7. The maximum Gasteiger partial charge on any atom is 0.490 e. The van der Waals surface area contributed by atoms with E-state index in [2.05, 4.69) is 51.6 Å². The molecule has 2 aliphatic rings. The maximum absolute atomic E-state index is 10.6. The Morgan fingerprint density at radius 2 is 1.21 bits per heavy atom. The summed E-state index contributed by atoms with van der Waals surface area (Å²) in [6.07, 6.45) is -13.2. The van der Waals surface area contributed by atoms with E-state index in [4.69, 9.17) is 39.4 Å². The monoisotopic (exact) mass is 711 g/mol. The Balaban J connectivity index is 0.000000448. The summed E-state index contributed by atoms with van der Waals surface area (Å²) < 4.78 is 103. The number of nitrogens with zero attached hydrogens (tertiary/aromatic N) is 5. The Hall–Kier alpha value is -4.11. The minimum atomic E-state index is -5.08. The minimum Gasteiger partial charge on any atom is -0.497 e. The van der Waals surface area contributed by atoms with Gasteiger partial charge < -0.3 is 29.5 Å². The first-order valence-electron chi connectivity index (χ1n) is 13.7. The Kier molecular flexibility index (Phi) is 15.6. The summed E-state index contributed by atoms with van der Waals surface area (Å²) >= 11 is 0. The molecule has 0 spiro atoms. The molecular weight excluding hydrogens is 677 g/mol. The average Bonchev–Trinajstić information content (AvgIpc) is 3.39. The van der Waals surface area contributed by atoms with Crippen molar-refractivity contribution in [2.75, 3.05) is 46.9 Å². The zero-order valence-corrected chi connectivity index (χ0v) is 25.7. The molecule has 12 nitrogen and oxygen atoms in total. The van der Waals surface area contributed by atoms with Crippen molar-refractivity contribution in [2.24, 2.45) is 0 Å². The highest BCUT2D eigenvalue weighted by Crippen LogP contribution is 2.28. The Bertz CT molecular complexity index is 1270. The summed E-state index contributed by atoms with van der Waals surface area (Å²) in [6, 6.07) is 8.73. The van der Waals surface area contributed by atoms with Crippen LogP contribution in [0.3, 0.4) is 0 Å². The van der Waals surface area contributed by atoms with E-state index in [-0.39, 0.29) is 0 Å². The summed E-state index contributed by atoms with van der Waals surface area (Å²) in [7, 11) is 3.92. The predicted molar refractivity (Wildman–Crippen MR) is 148 cm³/mol. The summed E-state index contributed by atoms with van der Waals surface area (Å²) in [5.41, 5.74) is 2.69. The number of aromatic nitrogens is 2. The van der Waals surface area contributed by atoms with Gasteiger partial charge in [-0.05, 0) is 31.7 Å². The molecule has 1 atom stereocenters. The fraction of sp³-hybridized carbons (Fsp3) is 0.556. The van der Waals surface area contributed by atoms with Gasteiger partial charge in [0.05, 0.1) is 18.8 Å². The molecule has 0 radical (unpaired) electrons. The van der Waals surface area contributed by atoms with Crippen LogP contribution >= 0.6 is 0 Å². The molecule has 4 rings (SSSR count). The van der Waals surface area contributed by atoms with Gasteiger partial charge in [0.2, 0.25) is 0 Å². The summed E-state index contributed by atoms with van der Waals surface area (Å²) in [6.45, 7) is 11.0. The Morgan fingerprint density at radius 1 is 0.771 bits per heavy atom. The number of carbonyl (C=O) groups is 3. The van der Waals surface area contributed by atoms with E-state index in [0.29, 0.717) is 6.04 Å². The van der Waals surface area contributed by atoms with Crippen LogP contribution in [-0.2, 0) is 34.0 Å². The quantitative estimate of drug-likeness (QED) is 0.385. The highest BCUT2D eigenvalue weighted by Gasteiger charge is 2.39. The van der Waals surface area contributed by atoms with E-state index in [1.54, 1.807) is 7.11 Å². The van der Waals surface area contributed by atoms with Crippen molar-refractivity contribution in [3.05, 3.63) is 47.5 Å². The van der Waals surface area contributed by atoms with Crippen molar-refractivity contribution in [2.45, 2.75) is 51.1 Å². The van der Waals surface area contributed by atoms with Crippen LogP contribution < -0.4 is 4.74 Å². The van der Waals surface area contributed by atoms with Crippen molar-refractivity contribution in [3.8, 4) is 5.75 Å². The summed E-state index contributed by atoms with van der Waals surface area (Å²) in [5, 5.41) is 21.4. The molecule has 1 aromatic carbocycles. The van der Waals surface area contributed by atoms with Gasteiger partial charge in [0.25, 0.3) is 0 Å². The lowest BCUT2D eigenvalue weighted by atomic mass is 10.1. The van der Waals surface area contributed by atoms with E-state index in [9.17, 15) is 39.5 Å². The second kappa shape index (κ2) is 17.9. The number of carboxylic acid groups (broad SMARTS) is 3. The molecule has 0 saturated carbocycles. The number of likely N-dealkylation sites (N-methyl/N-ethyl adjacent to an activating group) is 1. The first kappa shape index (κ1) is 41.9. The van der Waals surface area contributed by atoms with Gasteiger partial charge in [-0.3, -0.25) is 9.80 Å². The zero-order chi connectivity index (χ0) is 37.0. The van der Waals surface area contributed by atoms with E-state index in [1.807, 2.05) is 12.1 Å². The third-order valence-corrected chi connectivity index (χ3v) is 6.76. The van der Waals surface area contributed by atoms with Crippen LogP contribution in [0.1, 0.15) is 30.0 Å². The molecule has 21 heteroatoms. The molecule has 3 N–H and O–H groups in total. The van der Waals surface area contributed by atoms with Crippen molar-refractivity contribution in [1.82, 2.24) is 24.3 Å². The number of alkyl halides is 9. The number of rotatable bonds is 5. The normalized spacial score (nSPS) is 17.3. The van der Waals surface area contributed by atoms with E-state index in [1.165, 1.54) is 17.1 Å². The number of ether oxygens (including phenoxy) is 1. The molecule has 3 heterocycles. The van der Waals surface area contributed by atoms with Gasteiger partial charge >= 0.3 is 36.4 Å². The number of aliphatic carboxylic acids is 3. The smallest absolute Gasteiger partial charge is 0.490 e. The summed E-state index contributed by atoms with van der Waals surface area (Å²) in [4.78, 5) is 39.0. The average molecular weight is 712 g/mol. The number of fused-ring (bicyclic) bond motifs is 1. The maximum atomic E-state index is 10.6. The van der Waals surface area contributed by atoms with Crippen LogP contribution in [0.15, 0.2) is 30.5 Å². The molecule has 1 aromatic heterocycles. The fourth-order valence-corrected chi connectivity index (χ4v) is 4.15. The largest absolute Gasteiger partial charge is 0.497 e. The van der Waals surface area contributed by atoms with Gasteiger partial charge in [-0.1, -0.05) is 12.1 Å². The lowest BCUT2D eigenvalue weighted by Gasteiger charge is -2.36. The first-order valence-corrected chi connectivity index (χ1v) is 13.7. The minimum absolute atomic E-state index is 0.335. The fourth-order valence-electron chi connectivity index (χ4n) is 4.15. The molecule has 1 unspecified atom stereocenters. The van der Waals surface area contributed by atoms with Gasteiger partial charge in [-0.15, -0.1) is 0 Å². The first-order chi connectivity index (χ1) is 22.0. The second-order valence-corrected chi connectivity index (χ2v) is 10.2. The van der Waals surface area contributed by atoms with Crippen molar-refractivity contribution < 1.29 is 74.0 Å². The van der Waals surface area contributed by atoms with Gasteiger partial charge in [0.1, 0.15) is 11.6 Å². The highest BCUT2D eigenvalue weighted by molar-refractivity contribution is 5.73. The van der Waals surface area contributed by atoms with Crippen LogP contribution in [0.25, 0.3) is 0 Å². The Labute approximate surface area is 267 Å². The molecule has 0 aliphatic carbocycles. The lowest BCUT2D eigenvalue weighted by Crippen LogP contribution is -2.44. The van der Waals surface area contributed by atoms with Crippen LogP contribution in [0.4, 0.5) is 39.5 Å². The van der Waals surface area contributed by atoms with Crippen LogP contribution in [0, 0.1) is 0 Å². The molecule has 48 heavy (non-hydrogen) atoms. The van der Waals surface area contributed by atoms with E-state index < -0.39 is 36.4 Å². The van der Waals surface area contributed by atoms with Gasteiger partial charge in [0, 0.05) is 58.6 Å². The molecule has 1 saturated heterocycles. The summed E-state index contributed by atoms with van der Waals surface area (Å²) in [5.74, 6) is -6.15. The molecule has 272 valence electrons. The lowest BCUT2D eigenvalue weighted by molar-refractivity contribution is -0.193. The number of methoxy groups -OCH3 is 1. The number of halogens is 9. The number of piperazine rings is 1. The SMILES string of the molecule is COc1ccc(CN2CCn3c(CN4CCN(C)CC4)cnc3C2C)cc1.O=C(O)C(F)(F)F.O=C(O)C(F)(F)F.O=C(O)C(F)(F)F. The molecule has 2 aliphatic heterocycles. The van der Waals surface area contributed by atoms with Crippen molar-refractivity contribution in [1.29, 1.82) is 0 Å². The molecule has 2 aromatic rings. The predicted octanol–water partition coefficient (Wildman–Crippen LogP) is 4.12. The standard InChI is InChI=1S/C21H31N5O.3C2HF3O2/c1-17-21-22-14-19(16-24-10-8-23(2)9-11-24)26(21)13-12-25(17)15-18-4-6-20(27-3)7-5-18;3*3-2(4,5)1(6)7/h4-7,14,17H,8-13,15-16H2,1-3H3;3*(H,6,7). The van der Waals surface area contributed by atoms with Crippen molar-refractivity contribution >= 4 is 17.9 Å². The molecule has 0 bridgehead atoms. The van der Waals surface area contributed by atoms with Gasteiger partial charge in [-0.25, -0.2) is 19.4 Å². The van der Waals surface area contributed by atoms with Crippen molar-refractivity contribution in [3.63, 3.8) is 0 Å². The Morgan fingerprint density at radius 3 is 1.60 bits per heavy atom. The number of carboxylic acids is 3. The molecular formula is C27H34F9N5O7. The molecule has 1 fully saturated rings. The van der Waals surface area contributed by atoms with E-state index in [0.717, 1.165) is 58.1 Å². The van der Waals surface area contributed by atoms with Gasteiger partial charge in [0.15, 0.2) is 0 Å². The number of hydrogen-bond acceptors (Lipinski definition) is 8. The number of hydrogen-bond donors (Lipinski definition) is 3. The number of imidazole rings is 1. The van der Waals surface area contributed by atoms with Crippen LogP contribution in [-0.4, -0.2) is 123 Å².